The summed E-state index contributed by atoms with van der Waals surface area (Å²) in [5.74, 6) is 0.929. The fourth-order valence-electron chi connectivity index (χ4n) is 4.18. The molecule has 1 saturated carbocycles. The molecule has 2 aromatic heterocycles. The van der Waals surface area contributed by atoms with Gasteiger partial charge in [-0.3, -0.25) is 9.59 Å². The number of carbonyl (C=O) groups is 2. The van der Waals surface area contributed by atoms with E-state index in [9.17, 15) is 9.59 Å². The number of thiophene rings is 1. The predicted octanol–water partition coefficient (Wildman–Crippen LogP) is 2.82. The monoisotopic (exact) mass is 372 g/mol. The van der Waals surface area contributed by atoms with Gasteiger partial charge >= 0.3 is 0 Å². The van der Waals surface area contributed by atoms with Gasteiger partial charge in [-0.1, -0.05) is 0 Å². The molecular formula is C19H24N4O2S. The summed E-state index contributed by atoms with van der Waals surface area (Å²) in [4.78, 5) is 35.8. The van der Waals surface area contributed by atoms with E-state index in [-0.39, 0.29) is 17.2 Å². The molecular weight excluding hydrogens is 348 g/mol. The van der Waals surface area contributed by atoms with Crippen LogP contribution in [0.5, 0.6) is 0 Å². The number of aromatic amines is 1. The van der Waals surface area contributed by atoms with E-state index in [4.69, 9.17) is 0 Å². The zero-order chi connectivity index (χ0) is 18.3. The number of likely N-dealkylation sites (tertiary alicyclic amines) is 1. The van der Waals surface area contributed by atoms with Gasteiger partial charge < -0.3 is 14.8 Å². The van der Waals surface area contributed by atoms with Crippen LogP contribution in [-0.2, 0) is 11.3 Å². The number of hydrogen-bond donors (Lipinski definition) is 1. The molecule has 2 aromatic rings. The summed E-state index contributed by atoms with van der Waals surface area (Å²) >= 11 is 1.67. The lowest BCUT2D eigenvalue weighted by atomic mass is 9.92. The summed E-state index contributed by atoms with van der Waals surface area (Å²) in [6, 6.07) is 2.40. The Morgan fingerprint density at radius 2 is 2.19 bits per heavy atom. The van der Waals surface area contributed by atoms with Crippen LogP contribution in [0.4, 0.5) is 0 Å². The minimum absolute atomic E-state index is 0.0272. The SMILES string of the molecule is CC(=O)N(Cc1ccsc1)C1CC12CCN(C(=O)c1cnc(C)[nH]1)CC2. The van der Waals surface area contributed by atoms with Gasteiger partial charge in [0.05, 0.1) is 6.20 Å². The predicted molar refractivity (Wildman–Crippen MR) is 99.8 cm³/mol. The summed E-state index contributed by atoms with van der Waals surface area (Å²) < 4.78 is 0. The lowest BCUT2D eigenvalue weighted by Crippen LogP contribution is -2.42. The number of rotatable bonds is 4. The van der Waals surface area contributed by atoms with Crippen LogP contribution < -0.4 is 0 Å². The third kappa shape index (κ3) is 3.16. The second-order valence-corrected chi connectivity index (χ2v) is 8.32. The highest BCUT2D eigenvalue weighted by atomic mass is 32.1. The lowest BCUT2D eigenvalue weighted by Gasteiger charge is -2.34. The average Bonchev–Trinajstić information content (AvgIpc) is 2.99. The largest absolute Gasteiger partial charge is 0.338 e. The number of nitrogens with one attached hydrogen (secondary N) is 1. The molecule has 7 heteroatoms. The Bertz CT molecular complexity index is 805. The topological polar surface area (TPSA) is 69.3 Å². The molecule has 1 atom stereocenters. The number of nitrogens with zero attached hydrogens (tertiary/aromatic N) is 3. The van der Waals surface area contributed by atoms with Crippen LogP contribution in [0.1, 0.15) is 48.1 Å². The van der Waals surface area contributed by atoms with Crippen LogP contribution in [0.15, 0.2) is 23.0 Å². The third-order valence-electron chi connectivity index (χ3n) is 5.84. The van der Waals surface area contributed by atoms with Gasteiger partial charge in [-0.15, -0.1) is 0 Å². The Morgan fingerprint density at radius 1 is 1.42 bits per heavy atom. The van der Waals surface area contributed by atoms with E-state index in [0.29, 0.717) is 18.3 Å². The first-order valence-corrected chi connectivity index (χ1v) is 10.0. The maximum atomic E-state index is 12.6. The zero-order valence-corrected chi connectivity index (χ0v) is 16.0. The van der Waals surface area contributed by atoms with Crippen LogP contribution in [-0.4, -0.2) is 50.7 Å². The van der Waals surface area contributed by atoms with E-state index in [1.807, 2.05) is 16.7 Å². The van der Waals surface area contributed by atoms with Crippen molar-refractivity contribution < 1.29 is 9.59 Å². The summed E-state index contributed by atoms with van der Waals surface area (Å²) in [7, 11) is 0. The Labute approximate surface area is 157 Å². The van der Waals surface area contributed by atoms with E-state index in [2.05, 4.69) is 26.8 Å². The molecule has 3 heterocycles. The minimum Gasteiger partial charge on any atom is -0.338 e. The summed E-state index contributed by atoms with van der Waals surface area (Å²) in [5, 5.41) is 4.16. The highest BCUT2D eigenvalue weighted by molar-refractivity contribution is 7.07. The molecule has 2 amide bonds. The maximum Gasteiger partial charge on any atom is 0.271 e. The number of H-pyrrole nitrogens is 1. The van der Waals surface area contributed by atoms with Crippen molar-refractivity contribution in [3.05, 3.63) is 40.1 Å². The second kappa shape index (κ2) is 6.54. The standard InChI is InChI=1S/C19H24N4O2S/c1-13-20-10-16(21-13)18(25)22-6-4-19(5-7-22)9-17(19)23(14(2)24)11-15-3-8-26-12-15/h3,8,10,12,17H,4-7,9,11H2,1-2H3,(H,20,21). The number of hydrogen-bond acceptors (Lipinski definition) is 4. The van der Waals surface area contributed by atoms with Crippen molar-refractivity contribution in [1.29, 1.82) is 0 Å². The van der Waals surface area contributed by atoms with E-state index in [1.54, 1.807) is 24.5 Å². The van der Waals surface area contributed by atoms with Crippen LogP contribution in [0, 0.1) is 12.3 Å². The number of piperidine rings is 1. The molecule has 26 heavy (non-hydrogen) atoms. The number of aryl methyl sites for hydroxylation is 1. The van der Waals surface area contributed by atoms with Crippen molar-refractivity contribution in [2.24, 2.45) is 5.41 Å². The van der Waals surface area contributed by atoms with E-state index >= 15 is 0 Å². The molecule has 0 radical (unpaired) electrons. The van der Waals surface area contributed by atoms with Crippen molar-refractivity contribution in [3.8, 4) is 0 Å². The Kier molecular flexibility index (Phi) is 4.34. The molecule has 1 aliphatic heterocycles. The lowest BCUT2D eigenvalue weighted by molar-refractivity contribution is -0.130. The van der Waals surface area contributed by atoms with Gasteiger partial charge in [0.2, 0.25) is 5.91 Å². The Hall–Kier alpha value is -2.15. The molecule has 4 rings (SSSR count). The maximum absolute atomic E-state index is 12.6. The number of amides is 2. The fourth-order valence-corrected chi connectivity index (χ4v) is 4.84. The van der Waals surface area contributed by atoms with Crippen LogP contribution in [0.25, 0.3) is 0 Å². The van der Waals surface area contributed by atoms with Crippen LogP contribution in [0.3, 0.4) is 0 Å². The normalized spacial score (nSPS) is 21.0. The summed E-state index contributed by atoms with van der Waals surface area (Å²) in [6.07, 6.45) is 4.59. The molecule has 0 aromatic carbocycles. The molecule has 2 fully saturated rings. The van der Waals surface area contributed by atoms with Crippen molar-refractivity contribution in [1.82, 2.24) is 19.8 Å². The molecule has 1 saturated heterocycles. The molecule has 1 N–H and O–H groups in total. The highest BCUT2D eigenvalue weighted by Gasteiger charge is 2.58. The molecule has 6 nitrogen and oxygen atoms in total. The van der Waals surface area contributed by atoms with Gasteiger partial charge in [0.15, 0.2) is 0 Å². The van der Waals surface area contributed by atoms with Gasteiger partial charge in [-0.05, 0) is 54.0 Å². The van der Waals surface area contributed by atoms with Crippen molar-refractivity contribution >= 4 is 23.2 Å². The fraction of sp³-hybridized carbons (Fsp3) is 0.526. The van der Waals surface area contributed by atoms with Crippen molar-refractivity contribution in [3.63, 3.8) is 0 Å². The van der Waals surface area contributed by atoms with Gasteiger partial charge in [-0.2, -0.15) is 11.3 Å². The van der Waals surface area contributed by atoms with Crippen molar-refractivity contribution in [2.75, 3.05) is 13.1 Å². The van der Waals surface area contributed by atoms with Gasteiger partial charge in [-0.25, -0.2) is 4.98 Å². The van der Waals surface area contributed by atoms with Crippen LogP contribution in [0.2, 0.25) is 0 Å². The highest BCUT2D eigenvalue weighted by Crippen LogP contribution is 2.57. The second-order valence-electron chi connectivity index (χ2n) is 7.54. The molecule has 138 valence electrons. The smallest absolute Gasteiger partial charge is 0.271 e. The molecule has 2 aliphatic rings. The Balaban J connectivity index is 1.38. The van der Waals surface area contributed by atoms with Crippen LogP contribution >= 0.6 is 11.3 Å². The van der Waals surface area contributed by atoms with Gasteiger partial charge in [0, 0.05) is 32.6 Å². The van der Waals surface area contributed by atoms with Crippen molar-refractivity contribution in [2.45, 2.75) is 45.7 Å². The summed E-state index contributed by atoms with van der Waals surface area (Å²) in [6.45, 7) is 5.70. The minimum atomic E-state index is 0.0272. The average molecular weight is 372 g/mol. The van der Waals surface area contributed by atoms with Gasteiger partial charge in [0.25, 0.3) is 5.91 Å². The molecule has 1 unspecified atom stereocenters. The van der Waals surface area contributed by atoms with E-state index in [1.165, 1.54) is 5.56 Å². The third-order valence-corrected chi connectivity index (χ3v) is 6.57. The van der Waals surface area contributed by atoms with E-state index < -0.39 is 0 Å². The first-order valence-electron chi connectivity index (χ1n) is 9.08. The molecule has 1 aliphatic carbocycles. The number of aromatic nitrogens is 2. The number of carbonyl (C=O) groups excluding carboxylic acids is 2. The Morgan fingerprint density at radius 3 is 2.77 bits per heavy atom. The first kappa shape index (κ1) is 17.3. The zero-order valence-electron chi connectivity index (χ0n) is 15.2. The quantitative estimate of drug-likeness (QED) is 0.897. The van der Waals surface area contributed by atoms with Gasteiger partial charge in [0.1, 0.15) is 11.5 Å². The molecule has 1 spiro atoms. The molecule has 0 bridgehead atoms. The van der Waals surface area contributed by atoms with E-state index in [0.717, 1.165) is 38.2 Å². The summed E-state index contributed by atoms with van der Waals surface area (Å²) in [5.41, 5.74) is 1.96. The first-order chi connectivity index (χ1) is 12.5. The number of imidazole rings is 1.